The van der Waals surface area contributed by atoms with Crippen LogP contribution < -0.4 is 5.32 Å². The highest BCUT2D eigenvalue weighted by atomic mass is 35.5. The number of carbonyl (C=O) groups excluding carboxylic acids is 2. The standard InChI is InChI=1S/C14H15ClN2O2S/c1-2-13(18)17-7-8-20-12(9-17)14(19)16-11-5-3-10(15)4-6-11/h2-6,12H,1,7-9H2,(H,16,19). The van der Waals surface area contributed by atoms with Gasteiger partial charge in [-0.1, -0.05) is 18.2 Å². The molecule has 1 heterocycles. The van der Waals surface area contributed by atoms with Crippen LogP contribution in [0.5, 0.6) is 0 Å². The first-order valence-corrected chi connectivity index (χ1v) is 7.62. The van der Waals surface area contributed by atoms with E-state index in [0.29, 0.717) is 23.8 Å². The van der Waals surface area contributed by atoms with Gasteiger partial charge in [-0.2, -0.15) is 0 Å². The third-order valence-corrected chi connectivity index (χ3v) is 4.39. The lowest BCUT2D eigenvalue weighted by Gasteiger charge is -2.30. The second-order valence-electron chi connectivity index (χ2n) is 4.34. The third-order valence-electron chi connectivity index (χ3n) is 2.96. The van der Waals surface area contributed by atoms with Gasteiger partial charge in [0.2, 0.25) is 11.8 Å². The largest absolute Gasteiger partial charge is 0.337 e. The van der Waals surface area contributed by atoms with Crippen LogP contribution in [0.4, 0.5) is 5.69 Å². The van der Waals surface area contributed by atoms with Gasteiger partial charge in [0, 0.05) is 29.6 Å². The minimum Gasteiger partial charge on any atom is -0.337 e. The summed E-state index contributed by atoms with van der Waals surface area (Å²) in [6.07, 6.45) is 1.28. The Morgan fingerprint density at radius 3 is 2.75 bits per heavy atom. The Bertz CT molecular complexity index is 518. The molecule has 6 heteroatoms. The lowest BCUT2D eigenvalue weighted by atomic mass is 10.3. The van der Waals surface area contributed by atoms with E-state index in [0.717, 1.165) is 5.75 Å². The van der Waals surface area contributed by atoms with Crippen molar-refractivity contribution in [1.29, 1.82) is 0 Å². The quantitative estimate of drug-likeness (QED) is 0.872. The highest BCUT2D eigenvalue weighted by Crippen LogP contribution is 2.21. The van der Waals surface area contributed by atoms with E-state index < -0.39 is 0 Å². The maximum atomic E-state index is 12.2. The molecule has 1 N–H and O–H groups in total. The zero-order valence-electron chi connectivity index (χ0n) is 10.8. The van der Waals surface area contributed by atoms with Crippen LogP contribution in [0, 0.1) is 0 Å². The van der Waals surface area contributed by atoms with E-state index >= 15 is 0 Å². The summed E-state index contributed by atoms with van der Waals surface area (Å²) >= 11 is 7.36. The van der Waals surface area contributed by atoms with E-state index in [1.165, 1.54) is 6.08 Å². The number of thioether (sulfide) groups is 1. The lowest BCUT2D eigenvalue weighted by molar-refractivity contribution is -0.126. The summed E-state index contributed by atoms with van der Waals surface area (Å²) in [6, 6.07) is 6.94. The van der Waals surface area contributed by atoms with Crippen LogP contribution in [-0.4, -0.2) is 40.8 Å². The molecule has 4 nitrogen and oxygen atoms in total. The molecule has 0 spiro atoms. The highest BCUT2D eigenvalue weighted by Gasteiger charge is 2.28. The zero-order chi connectivity index (χ0) is 14.5. The first-order chi connectivity index (χ1) is 9.60. The number of nitrogens with zero attached hydrogens (tertiary/aromatic N) is 1. The van der Waals surface area contributed by atoms with E-state index in [2.05, 4.69) is 11.9 Å². The van der Waals surface area contributed by atoms with Crippen molar-refractivity contribution < 1.29 is 9.59 Å². The van der Waals surface area contributed by atoms with Gasteiger partial charge < -0.3 is 10.2 Å². The van der Waals surface area contributed by atoms with Crippen molar-refractivity contribution in [1.82, 2.24) is 4.90 Å². The Labute approximate surface area is 127 Å². The predicted molar refractivity (Wildman–Crippen MR) is 83.1 cm³/mol. The molecule has 0 aromatic heterocycles. The van der Waals surface area contributed by atoms with Gasteiger partial charge in [0.15, 0.2) is 0 Å². The monoisotopic (exact) mass is 310 g/mol. The van der Waals surface area contributed by atoms with Crippen LogP contribution in [-0.2, 0) is 9.59 Å². The van der Waals surface area contributed by atoms with Gasteiger partial charge in [-0.05, 0) is 30.3 Å². The van der Waals surface area contributed by atoms with Crippen molar-refractivity contribution >= 4 is 40.9 Å². The topological polar surface area (TPSA) is 49.4 Å². The summed E-state index contributed by atoms with van der Waals surface area (Å²) in [5.74, 6) is 0.520. The average molecular weight is 311 g/mol. The summed E-state index contributed by atoms with van der Waals surface area (Å²) in [5.41, 5.74) is 0.701. The molecule has 1 aliphatic heterocycles. The second kappa shape index (κ2) is 6.81. The molecule has 1 aliphatic rings. The van der Waals surface area contributed by atoms with Crippen molar-refractivity contribution in [3.05, 3.63) is 41.9 Å². The molecular weight excluding hydrogens is 296 g/mol. The number of anilines is 1. The molecule has 0 aliphatic carbocycles. The number of hydrogen-bond donors (Lipinski definition) is 1. The Morgan fingerprint density at radius 1 is 1.40 bits per heavy atom. The van der Waals surface area contributed by atoms with E-state index in [9.17, 15) is 9.59 Å². The molecule has 0 saturated carbocycles. The molecule has 1 fully saturated rings. The molecule has 0 bridgehead atoms. The molecule has 1 unspecified atom stereocenters. The summed E-state index contributed by atoms with van der Waals surface area (Å²) < 4.78 is 0. The van der Waals surface area contributed by atoms with Crippen LogP contribution in [0.3, 0.4) is 0 Å². The molecule has 106 valence electrons. The van der Waals surface area contributed by atoms with Crippen LogP contribution in [0.25, 0.3) is 0 Å². The number of benzene rings is 1. The number of hydrogen-bond acceptors (Lipinski definition) is 3. The maximum Gasteiger partial charge on any atom is 0.246 e. The molecule has 1 aromatic carbocycles. The Morgan fingerprint density at radius 2 is 2.10 bits per heavy atom. The molecule has 0 radical (unpaired) electrons. The van der Waals surface area contributed by atoms with Crippen molar-refractivity contribution in [3.8, 4) is 0 Å². The van der Waals surface area contributed by atoms with Gasteiger partial charge in [-0.25, -0.2) is 0 Å². The first kappa shape index (κ1) is 14.9. The number of nitrogens with one attached hydrogen (secondary N) is 1. The van der Waals surface area contributed by atoms with Crippen LogP contribution in [0.2, 0.25) is 5.02 Å². The molecule has 1 atom stereocenters. The van der Waals surface area contributed by atoms with Gasteiger partial charge in [0.05, 0.1) is 0 Å². The Kier molecular flexibility index (Phi) is 5.09. The normalized spacial score (nSPS) is 18.4. The van der Waals surface area contributed by atoms with Crippen LogP contribution >= 0.6 is 23.4 Å². The number of halogens is 1. The van der Waals surface area contributed by atoms with Gasteiger partial charge in [0.1, 0.15) is 5.25 Å². The van der Waals surface area contributed by atoms with Gasteiger partial charge in [-0.3, -0.25) is 9.59 Å². The Hall–Kier alpha value is -1.46. The molecule has 1 saturated heterocycles. The number of carbonyl (C=O) groups is 2. The molecule has 1 aromatic rings. The zero-order valence-corrected chi connectivity index (χ0v) is 12.4. The third kappa shape index (κ3) is 3.77. The minimum atomic E-state index is -0.261. The smallest absolute Gasteiger partial charge is 0.246 e. The maximum absolute atomic E-state index is 12.2. The molecule has 2 rings (SSSR count). The fourth-order valence-corrected chi connectivity index (χ4v) is 3.13. The van der Waals surface area contributed by atoms with E-state index in [1.807, 2.05) is 0 Å². The Balaban J connectivity index is 1.96. The first-order valence-electron chi connectivity index (χ1n) is 6.19. The fraction of sp³-hybridized carbons (Fsp3) is 0.286. The fourth-order valence-electron chi connectivity index (χ4n) is 1.89. The van der Waals surface area contributed by atoms with Crippen molar-refractivity contribution in [3.63, 3.8) is 0 Å². The summed E-state index contributed by atoms with van der Waals surface area (Å²) in [5, 5.41) is 3.20. The molecule has 20 heavy (non-hydrogen) atoms. The van der Waals surface area contributed by atoms with Crippen LogP contribution in [0.15, 0.2) is 36.9 Å². The summed E-state index contributed by atoms with van der Waals surface area (Å²) in [4.78, 5) is 25.4. The molecular formula is C14H15ClN2O2S. The number of amides is 2. The lowest BCUT2D eigenvalue weighted by Crippen LogP contribution is -2.45. The van der Waals surface area contributed by atoms with Crippen molar-refractivity contribution in [2.75, 3.05) is 24.2 Å². The van der Waals surface area contributed by atoms with Gasteiger partial charge >= 0.3 is 0 Å². The van der Waals surface area contributed by atoms with Gasteiger partial charge in [0.25, 0.3) is 0 Å². The minimum absolute atomic E-state index is 0.0983. The second-order valence-corrected chi connectivity index (χ2v) is 6.09. The van der Waals surface area contributed by atoms with E-state index in [4.69, 9.17) is 11.6 Å². The average Bonchev–Trinajstić information content (AvgIpc) is 2.49. The SMILES string of the molecule is C=CC(=O)N1CCSC(C(=O)Nc2ccc(Cl)cc2)C1. The molecule has 2 amide bonds. The van der Waals surface area contributed by atoms with E-state index in [1.54, 1.807) is 40.9 Å². The summed E-state index contributed by atoms with van der Waals surface area (Å²) in [7, 11) is 0. The van der Waals surface area contributed by atoms with Gasteiger partial charge in [-0.15, -0.1) is 11.8 Å². The van der Waals surface area contributed by atoms with Crippen LogP contribution in [0.1, 0.15) is 0 Å². The van der Waals surface area contributed by atoms with Crippen molar-refractivity contribution in [2.45, 2.75) is 5.25 Å². The van der Waals surface area contributed by atoms with E-state index in [-0.39, 0.29) is 17.1 Å². The predicted octanol–water partition coefficient (Wildman–Crippen LogP) is 2.41. The van der Waals surface area contributed by atoms with Crippen molar-refractivity contribution in [2.24, 2.45) is 0 Å². The summed E-state index contributed by atoms with van der Waals surface area (Å²) in [6.45, 7) is 4.54. The number of rotatable bonds is 3. The highest BCUT2D eigenvalue weighted by molar-refractivity contribution is 8.00.